The van der Waals surface area contributed by atoms with Crippen LogP contribution in [0.15, 0.2) is 11.6 Å². The van der Waals surface area contributed by atoms with E-state index in [-0.39, 0.29) is 29.3 Å². The van der Waals surface area contributed by atoms with E-state index in [1.807, 2.05) is 13.0 Å². The molecule has 21 heavy (non-hydrogen) atoms. The van der Waals surface area contributed by atoms with Gasteiger partial charge in [0.1, 0.15) is 0 Å². The molecule has 7 atom stereocenters. The van der Waals surface area contributed by atoms with Crippen molar-refractivity contribution in [1.29, 1.82) is 0 Å². The Morgan fingerprint density at radius 3 is 2.62 bits per heavy atom. The average molecular weight is 290 g/mol. The fraction of sp³-hybridized carbons (Fsp3) is 0.833. The number of carbonyl (C=O) groups is 1. The number of fused-ring (bicyclic) bond motifs is 2. The first-order chi connectivity index (χ1) is 9.83. The molecule has 3 aliphatic carbocycles. The first kappa shape index (κ1) is 14.0. The van der Waals surface area contributed by atoms with Gasteiger partial charge >= 0.3 is 0 Å². The van der Waals surface area contributed by atoms with Crippen LogP contribution < -0.4 is 0 Å². The van der Waals surface area contributed by atoms with Crippen LogP contribution in [-0.2, 0) is 9.53 Å². The fourth-order valence-corrected chi connectivity index (χ4v) is 6.45. The van der Waals surface area contributed by atoms with Gasteiger partial charge in [-0.1, -0.05) is 20.8 Å². The van der Waals surface area contributed by atoms with Crippen molar-refractivity contribution in [3.8, 4) is 0 Å². The number of aliphatic hydroxyl groups is 1. The lowest BCUT2D eigenvalue weighted by Crippen LogP contribution is -2.63. The lowest BCUT2D eigenvalue weighted by Gasteiger charge is -2.60. The van der Waals surface area contributed by atoms with Crippen molar-refractivity contribution in [2.45, 2.75) is 59.2 Å². The second kappa shape index (κ2) is 3.80. The highest BCUT2D eigenvalue weighted by Crippen LogP contribution is 2.81. The maximum absolute atomic E-state index is 12.4. The number of hydrogen-bond donors (Lipinski definition) is 1. The second-order valence-electron chi connectivity index (χ2n) is 8.29. The fourth-order valence-electron chi connectivity index (χ4n) is 6.45. The van der Waals surface area contributed by atoms with Crippen LogP contribution in [0.4, 0.5) is 0 Å². The van der Waals surface area contributed by atoms with E-state index in [9.17, 15) is 9.90 Å². The minimum Gasteiger partial charge on any atom is -0.396 e. The molecule has 1 heterocycles. The molecule has 0 amide bonds. The summed E-state index contributed by atoms with van der Waals surface area (Å²) >= 11 is 0. The van der Waals surface area contributed by atoms with E-state index < -0.39 is 5.41 Å². The van der Waals surface area contributed by atoms with Crippen molar-refractivity contribution in [3.63, 3.8) is 0 Å². The summed E-state index contributed by atoms with van der Waals surface area (Å²) in [5.74, 6) is 1.32. The molecule has 1 unspecified atom stereocenters. The lowest BCUT2D eigenvalue weighted by atomic mass is 9.48. The minimum absolute atomic E-state index is 0.00535. The van der Waals surface area contributed by atoms with Gasteiger partial charge in [0.2, 0.25) is 0 Å². The number of ether oxygens (including phenoxy) is 1. The number of allylic oxidation sites excluding steroid dienone is 1. The number of rotatable bonds is 1. The highest BCUT2D eigenvalue weighted by atomic mass is 16.5. The summed E-state index contributed by atoms with van der Waals surface area (Å²) in [5, 5.41) is 10.4. The van der Waals surface area contributed by atoms with E-state index >= 15 is 0 Å². The third-order valence-electron chi connectivity index (χ3n) is 7.95. The molecule has 116 valence electrons. The summed E-state index contributed by atoms with van der Waals surface area (Å²) in [6, 6.07) is 0. The van der Waals surface area contributed by atoms with E-state index in [1.54, 1.807) is 0 Å². The van der Waals surface area contributed by atoms with Gasteiger partial charge in [-0.25, -0.2) is 0 Å². The summed E-state index contributed by atoms with van der Waals surface area (Å²) in [6.45, 7) is 8.88. The van der Waals surface area contributed by atoms with E-state index in [4.69, 9.17) is 4.74 Å². The standard InChI is InChI=1S/C18H26O3/c1-10-5-14-17(9-19,8-13(10)20)16(4)11(2)6-15(21-14)18(16)7-12(18)3/h5,11-12,14-15,19H,6-9H2,1-4H3/t11-,12-,14+,15+,16+,17+,18?/m0/s1. The molecule has 0 aromatic rings. The molecule has 4 aliphatic rings. The summed E-state index contributed by atoms with van der Waals surface area (Å²) in [6.07, 6.45) is 4.89. The third kappa shape index (κ3) is 1.24. The Labute approximate surface area is 126 Å². The maximum Gasteiger partial charge on any atom is 0.159 e. The monoisotopic (exact) mass is 290 g/mol. The van der Waals surface area contributed by atoms with Gasteiger partial charge < -0.3 is 9.84 Å². The normalized spacial score (nSPS) is 58.1. The van der Waals surface area contributed by atoms with Crippen molar-refractivity contribution in [2.75, 3.05) is 6.61 Å². The van der Waals surface area contributed by atoms with Crippen LogP contribution in [0, 0.1) is 28.1 Å². The summed E-state index contributed by atoms with van der Waals surface area (Å²) in [7, 11) is 0. The molecule has 4 rings (SSSR count). The topological polar surface area (TPSA) is 46.5 Å². The molecule has 1 spiro atoms. The summed E-state index contributed by atoms with van der Waals surface area (Å²) < 4.78 is 6.49. The van der Waals surface area contributed by atoms with Gasteiger partial charge in [-0.15, -0.1) is 0 Å². The Balaban J connectivity index is 1.92. The number of ketones is 1. The van der Waals surface area contributed by atoms with Gasteiger partial charge in [0.05, 0.1) is 18.8 Å². The zero-order valence-electron chi connectivity index (χ0n) is 13.5. The summed E-state index contributed by atoms with van der Waals surface area (Å²) in [4.78, 5) is 12.4. The first-order valence-corrected chi connectivity index (χ1v) is 8.31. The van der Waals surface area contributed by atoms with Crippen LogP contribution in [0.5, 0.6) is 0 Å². The van der Waals surface area contributed by atoms with Crippen molar-refractivity contribution in [2.24, 2.45) is 28.1 Å². The smallest absolute Gasteiger partial charge is 0.159 e. The van der Waals surface area contributed by atoms with Crippen molar-refractivity contribution in [3.05, 3.63) is 11.6 Å². The van der Waals surface area contributed by atoms with Crippen LogP contribution in [-0.4, -0.2) is 29.7 Å². The molecule has 1 N–H and O–H groups in total. The molecule has 3 fully saturated rings. The molecule has 3 nitrogen and oxygen atoms in total. The molecule has 1 aliphatic heterocycles. The third-order valence-corrected chi connectivity index (χ3v) is 7.95. The molecule has 1 saturated heterocycles. The van der Waals surface area contributed by atoms with Crippen LogP contribution in [0.25, 0.3) is 0 Å². The predicted octanol–water partition coefficient (Wildman–Crippen LogP) is 2.72. The molecule has 2 bridgehead atoms. The van der Waals surface area contributed by atoms with E-state index in [2.05, 4.69) is 20.8 Å². The number of aliphatic hydroxyl groups excluding tert-OH is 1. The Hall–Kier alpha value is -0.670. The van der Waals surface area contributed by atoms with Gasteiger partial charge in [-0.05, 0) is 48.7 Å². The molecular weight excluding hydrogens is 264 g/mol. The number of Topliss-reactive ketones (excluding diaryl/α,β-unsaturated/α-hetero) is 1. The SMILES string of the molecule is CC1=C[C@H]2O[C@@H]3C[C@H](C)[C@@](C)(C34C[C@@H]4C)[C@@]2(CO)CC1=O. The average Bonchev–Trinajstić information content (AvgIpc) is 3.08. The Bertz CT molecular complexity index is 553. The number of hydrogen-bond acceptors (Lipinski definition) is 3. The van der Waals surface area contributed by atoms with Gasteiger partial charge in [0, 0.05) is 17.3 Å². The van der Waals surface area contributed by atoms with Gasteiger partial charge in [0.15, 0.2) is 5.78 Å². The van der Waals surface area contributed by atoms with Crippen LogP contribution in [0.3, 0.4) is 0 Å². The first-order valence-electron chi connectivity index (χ1n) is 8.31. The lowest BCUT2D eigenvalue weighted by molar-refractivity contribution is -0.224. The Morgan fingerprint density at radius 1 is 1.38 bits per heavy atom. The predicted molar refractivity (Wildman–Crippen MR) is 79.7 cm³/mol. The van der Waals surface area contributed by atoms with E-state index in [0.717, 1.165) is 12.0 Å². The van der Waals surface area contributed by atoms with Crippen molar-refractivity contribution < 1.29 is 14.6 Å². The second-order valence-corrected chi connectivity index (χ2v) is 8.29. The highest BCUT2D eigenvalue weighted by Gasteiger charge is 2.81. The minimum atomic E-state index is -0.430. The largest absolute Gasteiger partial charge is 0.396 e. The zero-order valence-corrected chi connectivity index (χ0v) is 13.5. The summed E-state index contributed by atoms with van der Waals surface area (Å²) in [5.41, 5.74) is 0.556. The van der Waals surface area contributed by atoms with Crippen LogP contribution in [0.1, 0.15) is 47.0 Å². The maximum atomic E-state index is 12.4. The Morgan fingerprint density at radius 2 is 2.05 bits per heavy atom. The highest BCUT2D eigenvalue weighted by molar-refractivity contribution is 5.96. The van der Waals surface area contributed by atoms with Gasteiger partial charge in [-0.2, -0.15) is 0 Å². The van der Waals surface area contributed by atoms with Gasteiger partial charge in [0.25, 0.3) is 0 Å². The Kier molecular flexibility index (Phi) is 2.53. The molecule has 3 heteroatoms. The molecule has 0 aromatic heterocycles. The van der Waals surface area contributed by atoms with Gasteiger partial charge in [-0.3, -0.25) is 4.79 Å². The number of carbonyl (C=O) groups excluding carboxylic acids is 1. The van der Waals surface area contributed by atoms with E-state index in [0.29, 0.717) is 24.4 Å². The van der Waals surface area contributed by atoms with E-state index in [1.165, 1.54) is 6.42 Å². The van der Waals surface area contributed by atoms with Crippen molar-refractivity contribution >= 4 is 5.78 Å². The molecule has 0 aromatic carbocycles. The van der Waals surface area contributed by atoms with Crippen LogP contribution >= 0.6 is 0 Å². The molecule has 2 saturated carbocycles. The molecular formula is C18H26O3. The zero-order chi connectivity index (χ0) is 15.2. The molecule has 0 radical (unpaired) electrons. The van der Waals surface area contributed by atoms with Crippen molar-refractivity contribution in [1.82, 2.24) is 0 Å². The van der Waals surface area contributed by atoms with Crippen LogP contribution in [0.2, 0.25) is 0 Å². The quantitative estimate of drug-likeness (QED) is 0.807.